The number of carbonyl (C=O) groups is 1. The summed E-state index contributed by atoms with van der Waals surface area (Å²) < 4.78 is 11.1. The third kappa shape index (κ3) is 5.50. The molecule has 0 aromatic carbocycles. The molecule has 0 aliphatic carbocycles. The zero-order chi connectivity index (χ0) is 16.9. The minimum atomic E-state index is -0.422. The number of nitrogens with one attached hydrogen (secondary N) is 1. The molecule has 2 saturated heterocycles. The van der Waals surface area contributed by atoms with Crippen LogP contribution in [0.25, 0.3) is 0 Å². The summed E-state index contributed by atoms with van der Waals surface area (Å²) in [5.41, 5.74) is -0.422. The first-order chi connectivity index (χ1) is 10.9. The molecule has 0 aromatic heterocycles. The molecule has 2 heterocycles. The Balaban J connectivity index is 1.73. The van der Waals surface area contributed by atoms with Crippen molar-refractivity contribution in [2.75, 3.05) is 19.8 Å². The molecule has 0 aromatic rings. The summed E-state index contributed by atoms with van der Waals surface area (Å²) in [6.07, 6.45) is 6.85. The van der Waals surface area contributed by atoms with E-state index in [1.54, 1.807) is 0 Å². The molecule has 2 atom stereocenters. The van der Waals surface area contributed by atoms with E-state index < -0.39 is 5.60 Å². The number of nitrogens with zero attached hydrogens (tertiary/aromatic N) is 1. The van der Waals surface area contributed by atoms with Crippen molar-refractivity contribution in [3.05, 3.63) is 12.7 Å². The third-order valence-corrected chi connectivity index (χ3v) is 4.48. The van der Waals surface area contributed by atoms with Crippen LogP contribution in [-0.2, 0) is 9.47 Å². The average Bonchev–Trinajstić information content (AvgIpc) is 2.72. The summed E-state index contributed by atoms with van der Waals surface area (Å²) in [5, 5.41) is 3.58. The molecule has 2 aliphatic heterocycles. The van der Waals surface area contributed by atoms with E-state index in [2.05, 4.69) is 11.9 Å². The topological polar surface area (TPSA) is 50.8 Å². The fraction of sp³-hybridized carbons (Fsp3) is 0.833. The maximum absolute atomic E-state index is 12.4. The summed E-state index contributed by atoms with van der Waals surface area (Å²) in [6.45, 7) is 11.8. The van der Waals surface area contributed by atoms with Gasteiger partial charge in [0.1, 0.15) is 5.60 Å². The maximum Gasteiger partial charge on any atom is 0.410 e. The van der Waals surface area contributed by atoms with Gasteiger partial charge in [-0.1, -0.05) is 6.08 Å². The quantitative estimate of drug-likeness (QED) is 0.577. The average molecular weight is 324 g/mol. The highest BCUT2D eigenvalue weighted by molar-refractivity contribution is 5.69. The van der Waals surface area contributed by atoms with E-state index in [-0.39, 0.29) is 6.09 Å². The zero-order valence-electron chi connectivity index (χ0n) is 14.8. The molecule has 1 N–H and O–H groups in total. The molecular weight excluding hydrogens is 292 g/mol. The summed E-state index contributed by atoms with van der Waals surface area (Å²) in [5.74, 6) is 0. The molecule has 0 radical (unpaired) electrons. The normalized spacial score (nSPS) is 27.1. The number of fused-ring (bicyclic) bond motifs is 2. The van der Waals surface area contributed by atoms with E-state index in [0.29, 0.717) is 18.1 Å². The second kappa shape index (κ2) is 8.15. The smallest absolute Gasteiger partial charge is 0.410 e. The van der Waals surface area contributed by atoms with Gasteiger partial charge < -0.3 is 19.7 Å². The van der Waals surface area contributed by atoms with Crippen LogP contribution in [-0.4, -0.2) is 54.5 Å². The first-order valence-corrected chi connectivity index (χ1v) is 8.84. The monoisotopic (exact) mass is 324 g/mol. The van der Waals surface area contributed by atoms with Gasteiger partial charge in [0, 0.05) is 24.7 Å². The van der Waals surface area contributed by atoms with Gasteiger partial charge in [-0.15, -0.1) is 6.58 Å². The molecule has 2 fully saturated rings. The highest BCUT2D eigenvalue weighted by Crippen LogP contribution is 2.36. The molecule has 2 unspecified atom stereocenters. The van der Waals surface area contributed by atoms with E-state index in [0.717, 1.165) is 51.9 Å². The number of amides is 1. The zero-order valence-corrected chi connectivity index (χ0v) is 14.8. The Hall–Kier alpha value is -1.07. The number of rotatable bonds is 7. The van der Waals surface area contributed by atoms with Crippen molar-refractivity contribution < 1.29 is 14.3 Å². The van der Waals surface area contributed by atoms with Crippen LogP contribution in [0, 0.1) is 0 Å². The summed E-state index contributed by atoms with van der Waals surface area (Å²) in [7, 11) is 0. The Morgan fingerprint density at radius 2 is 1.91 bits per heavy atom. The maximum atomic E-state index is 12.4. The molecule has 23 heavy (non-hydrogen) atoms. The van der Waals surface area contributed by atoms with Crippen molar-refractivity contribution in [1.29, 1.82) is 0 Å². The van der Waals surface area contributed by atoms with Gasteiger partial charge in [-0.2, -0.15) is 0 Å². The lowest BCUT2D eigenvalue weighted by atomic mass is 9.98. The number of carbonyl (C=O) groups excluding carboxylic acids is 1. The van der Waals surface area contributed by atoms with Gasteiger partial charge in [0.15, 0.2) is 0 Å². The minimum Gasteiger partial charge on any atom is -0.444 e. The van der Waals surface area contributed by atoms with E-state index in [4.69, 9.17) is 9.47 Å². The van der Waals surface area contributed by atoms with Gasteiger partial charge in [0.25, 0.3) is 0 Å². The van der Waals surface area contributed by atoms with Crippen LogP contribution in [0.1, 0.15) is 52.9 Å². The van der Waals surface area contributed by atoms with E-state index in [9.17, 15) is 4.79 Å². The van der Waals surface area contributed by atoms with Gasteiger partial charge in [-0.3, -0.25) is 0 Å². The van der Waals surface area contributed by atoms with Crippen LogP contribution < -0.4 is 5.32 Å². The highest BCUT2D eigenvalue weighted by Gasteiger charge is 2.44. The Bertz CT molecular complexity index is 392. The van der Waals surface area contributed by atoms with Crippen molar-refractivity contribution in [2.45, 2.75) is 76.6 Å². The Kier molecular flexibility index (Phi) is 6.48. The van der Waals surface area contributed by atoms with Gasteiger partial charge in [-0.05, 0) is 52.9 Å². The number of ether oxygens (including phenoxy) is 2. The molecule has 5 heteroatoms. The SMILES string of the molecule is C=CCCOCCNC1CC2CCC(C1)N2C(=O)OC(C)(C)C. The fourth-order valence-corrected chi connectivity index (χ4v) is 3.56. The van der Waals surface area contributed by atoms with Crippen molar-refractivity contribution in [1.82, 2.24) is 10.2 Å². The molecule has 2 rings (SSSR count). The van der Waals surface area contributed by atoms with Crippen LogP contribution in [0.2, 0.25) is 0 Å². The van der Waals surface area contributed by atoms with Crippen molar-refractivity contribution >= 4 is 6.09 Å². The molecule has 2 aliphatic rings. The van der Waals surface area contributed by atoms with Crippen LogP contribution in [0.15, 0.2) is 12.7 Å². The van der Waals surface area contributed by atoms with Gasteiger partial charge in [0.05, 0.1) is 13.2 Å². The largest absolute Gasteiger partial charge is 0.444 e. The van der Waals surface area contributed by atoms with Crippen molar-refractivity contribution in [2.24, 2.45) is 0 Å². The molecule has 0 saturated carbocycles. The standard InChI is InChI=1S/C18H32N2O3/c1-5-6-10-22-11-9-19-14-12-15-7-8-16(13-14)20(15)17(21)23-18(2,3)4/h5,14-16,19H,1,6-13H2,2-4H3. The van der Waals surface area contributed by atoms with E-state index in [1.807, 2.05) is 31.7 Å². The predicted octanol–water partition coefficient (Wildman–Crippen LogP) is 3.10. The van der Waals surface area contributed by atoms with E-state index in [1.165, 1.54) is 0 Å². The first kappa shape index (κ1) is 18.3. The number of hydrogen-bond donors (Lipinski definition) is 1. The number of hydrogen-bond acceptors (Lipinski definition) is 4. The lowest BCUT2D eigenvalue weighted by Gasteiger charge is -2.39. The molecule has 132 valence electrons. The molecule has 5 nitrogen and oxygen atoms in total. The Morgan fingerprint density at radius 1 is 1.26 bits per heavy atom. The molecule has 2 bridgehead atoms. The predicted molar refractivity (Wildman–Crippen MR) is 91.5 cm³/mol. The van der Waals surface area contributed by atoms with Gasteiger partial charge in [-0.25, -0.2) is 4.79 Å². The molecular formula is C18H32N2O3. The van der Waals surface area contributed by atoms with Gasteiger partial charge in [0.2, 0.25) is 0 Å². The summed E-state index contributed by atoms with van der Waals surface area (Å²) in [4.78, 5) is 14.4. The second-order valence-corrected chi connectivity index (χ2v) is 7.58. The second-order valence-electron chi connectivity index (χ2n) is 7.58. The van der Waals surface area contributed by atoms with Crippen LogP contribution in [0.3, 0.4) is 0 Å². The summed E-state index contributed by atoms with van der Waals surface area (Å²) >= 11 is 0. The fourth-order valence-electron chi connectivity index (χ4n) is 3.56. The summed E-state index contributed by atoms with van der Waals surface area (Å²) in [6, 6.07) is 1.12. The van der Waals surface area contributed by atoms with Crippen LogP contribution >= 0.6 is 0 Å². The Labute approximate surface area is 140 Å². The molecule has 1 amide bonds. The minimum absolute atomic E-state index is 0.142. The van der Waals surface area contributed by atoms with Crippen LogP contribution in [0.4, 0.5) is 4.79 Å². The lowest BCUT2D eigenvalue weighted by Crippen LogP contribution is -2.52. The van der Waals surface area contributed by atoms with E-state index >= 15 is 0 Å². The third-order valence-electron chi connectivity index (χ3n) is 4.48. The Morgan fingerprint density at radius 3 is 2.48 bits per heavy atom. The number of piperidine rings is 1. The van der Waals surface area contributed by atoms with Gasteiger partial charge >= 0.3 is 6.09 Å². The first-order valence-electron chi connectivity index (χ1n) is 8.84. The lowest BCUT2D eigenvalue weighted by molar-refractivity contribution is 0.00438. The molecule has 0 spiro atoms. The van der Waals surface area contributed by atoms with Crippen molar-refractivity contribution in [3.8, 4) is 0 Å². The van der Waals surface area contributed by atoms with Crippen molar-refractivity contribution in [3.63, 3.8) is 0 Å². The highest BCUT2D eigenvalue weighted by atomic mass is 16.6. The van der Waals surface area contributed by atoms with Crippen LogP contribution in [0.5, 0.6) is 0 Å².